The van der Waals surface area contributed by atoms with E-state index in [1.54, 1.807) is 11.3 Å². The first-order chi connectivity index (χ1) is 14.9. The van der Waals surface area contributed by atoms with E-state index in [-0.39, 0.29) is 17.7 Å². The molecule has 31 heavy (non-hydrogen) atoms. The Morgan fingerprint density at radius 3 is 2.61 bits per heavy atom. The van der Waals surface area contributed by atoms with E-state index in [0.717, 1.165) is 42.4 Å². The van der Waals surface area contributed by atoms with Crippen LogP contribution in [0.3, 0.4) is 0 Å². The van der Waals surface area contributed by atoms with Gasteiger partial charge >= 0.3 is 0 Å². The number of thiazole rings is 1. The fourth-order valence-electron chi connectivity index (χ4n) is 4.50. The largest absolute Gasteiger partial charge is 0.346 e. The predicted molar refractivity (Wildman–Crippen MR) is 124 cm³/mol. The van der Waals surface area contributed by atoms with Gasteiger partial charge in [-0.25, -0.2) is 4.98 Å². The molecule has 1 unspecified atom stereocenters. The quantitative estimate of drug-likeness (QED) is 0.730. The van der Waals surface area contributed by atoms with Crippen LogP contribution in [0.2, 0.25) is 0 Å². The Bertz CT molecular complexity index is 941. The third-order valence-electron chi connectivity index (χ3n) is 6.12. The minimum absolute atomic E-state index is 0.0811. The van der Waals surface area contributed by atoms with Gasteiger partial charge in [0, 0.05) is 50.9 Å². The van der Waals surface area contributed by atoms with Crippen LogP contribution in [0.1, 0.15) is 43.5 Å². The molecule has 0 aliphatic carbocycles. The van der Waals surface area contributed by atoms with E-state index in [1.165, 1.54) is 5.56 Å². The zero-order chi connectivity index (χ0) is 22.0. The van der Waals surface area contributed by atoms with Crippen molar-refractivity contribution in [2.45, 2.75) is 52.6 Å². The summed E-state index contributed by atoms with van der Waals surface area (Å²) in [7, 11) is 0. The predicted octanol–water partition coefficient (Wildman–Crippen LogP) is 3.49. The number of nitrogens with zero attached hydrogens (tertiary/aromatic N) is 4. The maximum Gasteiger partial charge on any atom is 0.245 e. The number of carbonyl (C=O) groups excluding carboxylic acids is 2. The van der Waals surface area contributed by atoms with Crippen molar-refractivity contribution in [2.75, 3.05) is 31.1 Å². The first-order valence-corrected chi connectivity index (χ1v) is 12.1. The van der Waals surface area contributed by atoms with Crippen LogP contribution in [0.4, 0.5) is 5.13 Å². The summed E-state index contributed by atoms with van der Waals surface area (Å²) in [6.07, 6.45) is 1.99. The minimum atomic E-state index is -0.408. The van der Waals surface area contributed by atoms with Crippen molar-refractivity contribution in [3.05, 3.63) is 46.5 Å². The highest BCUT2D eigenvalue weighted by Gasteiger charge is 2.37. The number of hydrogen-bond acceptors (Lipinski definition) is 5. The summed E-state index contributed by atoms with van der Waals surface area (Å²) < 4.78 is 0. The smallest absolute Gasteiger partial charge is 0.245 e. The molecule has 0 N–H and O–H groups in total. The highest BCUT2D eigenvalue weighted by molar-refractivity contribution is 7.13. The minimum Gasteiger partial charge on any atom is -0.346 e. The van der Waals surface area contributed by atoms with Crippen molar-refractivity contribution in [3.63, 3.8) is 0 Å². The lowest BCUT2D eigenvalue weighted by atomic mass is 9.92. The van der Waals surface area contributed by atoms with E-state index in [0.29, 0.717) is 25.9 Å². The Morgan fingerprint density at radius 2 is 1.90 bits per heavy atom. The van der Waals surface area contributed by atoms with Gasteiger partial charge in [0.1, 0.15) is 6.04 Å². The van der Waals surface area contributed by atoms with Crippen LogP contribution in [0.5, 0.6) is 0 Å². The van der Waals surface area contributed by atoms with Gasteiger partial charge in [0.2, 0.25) is 11.8 Å². The van der Waals surface area contributed by atoms with Crippen LogP contribution in [-0.4, -0.2) is 58.8 Å². The molecule has 1 atom stereocenters. The van der Waals surface area contributed by atoms with Gasteiger partial charge in [0.05, 0.1) is 5.69 Å². The van der Waals surface area contributed by atoms with Gasteiger partial charge in [-0.05, 0) is 30.4 Å². The molecular weight excluding hydrogens is 408 g/mol. The lowest BCUT2D eigenvalue weighted by Gasteiger charge is -2.39. The second-order valence-electron chi connectivity index (χ2n) is 9.05. The summed E-state index contributed by atoms with van der Waals surface area (Å²) in [5.41, 5.74) is 3.38. The van der Waals surface area contributed by atoms with Gasteiger partial charge in [-0.3, -0.25) is 9.59 Å². The molecule has 7 heteroatoms. The highest BCUT2D eigenvalue weighted by atomic mass is 32.1. The maximum atomic E-state index is 13.7. The second kappa shape index (κ2) is 9.39. The van der Waals surface area contributed by atoms with Gasteiger partial charge in [0.25, 0.3) is 0 Å². The molecule has 0 spiro atoms. The van der Waals surface area contributed by atoms with E-state index < -0.39 is 6.04 Å². The Morgan fingerprint density at radius 1 is 1.13 bits per heavy atom. The number of fused-ring (bicyclic) bond motifs is 1. The number of anilines is 1. The van der Waals surface area contributed by atoms with Crippen molar-refractivity contribution in [1.82, 2.24) is 14.8 Å². The molecule has 0 bridgehead atoms. The van der Waals surface area contributed by atoms with Crippen molar-refractivity contribution < 1.29 is 9.59 Å². The van der Waals surface area contributed by atoms with Gasteiger partial charge in [0.15, 0.2) is 5.13 Å². The monoisotopic (exact) mass is 440 g/mol. The zero-order valence-electron chi connectivity index (χ0n) is 18.7. The van der Waals surface area contributed by atoms with E-state index in [2.05, 4.69) is 41.2 Å². The van der Waals surface area contributed by atoms with Crippen LogP contribution in [0, 0.1) is 12.8 Å². The fraction of sp³-hybridized carbons (Fsp3) is 0.542. The van der Waals surface area contributed by atoms with Crippen LogP contribution in [0.15, 0.2) is 29.6 Å². The standard InChI is InChI=1S/C24H32N4O2S/c1-17(2)13-22(29)28-15-20-8-5-4-7-19(20)14-21(28)23(30)26-9-6-10-27(12-11-26)24-25-18(3)16-31-24/h4-5,7-8,16-17,21H,6,9-15H2,1-3H3. The maximum absolute atomic E-state index is 13.7. The summed E-state index contributed by atoms with van der Waals surface area (Å²) in [6, 6.07) is 7.79. The molecule has 0 radical (unpaired) electrons. The molecule has 4 rings (SSSR count). The van der Waals surface area contributed by atoms with E-state index in [9.17, 15) is 9.59 Å². The molecule has 1 saturated heterocycles. The molecule has 2 aliphatic rings. The molecule has 2 aliphatic heterocycles. The van der Waals surface area contributed by atoms with Crippen molar-refractivity contribution in [2.24, 2.45) is 5.92 Å². The molecule has 0 saturated carbocycles. The summed E-state index contributed by atoms with van der Waals surface area (Å²) in [5, 5.41) is 3.10. The number of aryl methyl sites for hydroxylation is 1. The molecular formula is C24H32N4O2S. The van der Waals surface area contributed by atoms with Gasteiger partial charge < -0.3 is 14.7 Å². The number of benzene rings is 1. The lowest BCUT2D eigenvalue weighted by molar-refractivity contribution is -0.147. The van der Waals surface area contributed by atoms with Crippen LogP contribution in [0.25, 0.3) is 0 Å². The highest BCUT2D eigenvalue weighted by Crippen LogP contribution is 2.27. The molecule has 1 aromatic heterocycles. The number of aromatic nitrogens is 1. The number of rotatable bonds is 4. The molecule has 1 aromatic carbocycles. The third kappa shape index (κ3) is 4.92. The van der Waals surface area contributed by atoms with Crippen LogP contribution >= 0.6 is 11.3 Å². The molecule has 3 heterocycles. The topological polar surface area (TPSA) is 56.8 Å². The van der Waals surface area contributed by atoms with Gasteiger partial charge in [-0.1, -0.05) is 38.1 Å². The van der Waals surface area contributed by atoms with E-state index in [4.69, 9.17) is 0 Å². The van der Waals surface area contributed by atoms with Crippen LogP contribution < -0.4 is 4.90 Å². The summed E-state index contributed by atoms with van der Waals surface area (Å²) in [6.45, 7) is 9.72. The van der Waals surface area contributed by atoms with Crippen molar-refractivity contribution in [1.29, 1.82) is 0 Å². The Kier molecular flexibility index (Phi) is 6.60. The summed E-state index contributed by atoms with van der Waals surface area (Å²) in [5.74, 6) is 0.440. The number of carbonyl (C=O) groups is 2. The van der Waals surface area contributed by atoms with Gasteiger partial charge in [-0.2, -0.15) is 0 Å². The first-order valence-electron chi connectivity index (χ1n) is 11.2. The van der Waals surface area contributed by atoms with Crippen molar-refractivity contribution >= 4 is 28.3 Å². The Hall–Kier alpha value is -2.41. The average Bonchev–Trinajstić information content (AvgIpc) is 3.03. The SMILES string of the molecule is Cc1csc(N2CCCN(C(=O)C3Cc4ccccc4CN3C(=O)CC(C)C)CC2)n1. The molecule has 1 fully saturated rings. The average molecular weight is 441 g/mol. The third-order valence-corrected chi connectivity index (χ3v) is 7.14. The second-order valence-corrected chi connectivity index (χ2v) is 9.88. The van der Waals surface area contributed by atoms with Crippen molar-refractivity contribution in [3.8, 4) is 0 Å². The molecule has 166 valence electrons. The lowest BCUT2D eigenvalue weighted by Crippen LogP contribution is -2.54. The van der Waals surface area contributed by atoms with Gasteiger partial charge in [-0.15, -0.1) is 11.3 Å². The Balaban J connectivity index is 1.51. The van der Waals surface area contributed by atoms with Crippen LogP contribution in [-0.2, 0) is 22.6 Å². The molecule has 6 nitrogen and oxygen atoms in total. The Labute approximate surface area is 188 Å². The number of hydrogen-bond donors (Lipinski definition) is 0. The molecule has 2 aromatic rings. The normalized spacial score (nSPS) is 19.4. The van der Waals surface area contributed by atoms with E-state index in [1.807, 2.05) is 28.9 Å². The van der Waals surface area contributed by atoms with E-state index >= 15 is 0 Å². The zero-order valence-corrected chi connectivity index (χ0v) is 19.5. The fourth-order valence-corrected chi connectivity index (χ4v) is 5.36. The summed E-state index contributed by atoms with van der Waals surface area (Å²) in [4.78, 5) is 37.4. The number of amides is 2. The first kappa shape index (κ1) is 21.8. The molecule has 2 amide bonds. The summed E-state index contributed by atoms with van der Waals surface area (Å²) >= 11 is 1.66.